The zero-order chi connectivity index (χ0) is 26.5. The molecular weight excluding hydrogens is 484 g/mol. The minimum Gasteiger partial charge on any atom is -0.396 e. The number of aliphatic hydroxyl groups is 4. The van der Waals surface area contributed by atoms with Crippen molar-refractivity contribution >= 4 is 10.4 Å². The van der Waals surface area contributed by atoms with Crippen molar-refractivity contribution in [2.75, 3.05) is 13.2 Å². The van der Waals surface area contributed by atoms with Crippen molar-refractivity contribution in [3.63, 3.8) is 0 Å². The molecule has 0 bridgehead atoms. The number of hydrogen-bond acceptors (Lipinski definition) is 7. The zero-order valence-corrected chi connectivity index (χ0v) is 22.9. The minimum absolute atomic E-state index is 0.0680. The topological polar surface area (TPSA) is 145 Å². The Hall–Kier alpha value is -0.290. The fraction of sp³-hybridized carbons (Fsp3) is 1.00. The van der Waals surface area contributed by atoms with E-state index < -0.39 is 16.5 Å². The highest BCUT2D eigenvalue weighted by molar-refractivity contribution is 7.80. The molecule has 0 aromatic heterocycles. The monoisotopic (exact) mass is 532 g/mol. The van der Waals surface area contributed by atoms with E-state index in [1.807, 2.05) is 0 Å². The predicted molar refractivity (Wildman–Crippen MR) is 135 cm³/mol. The van der Waals surface area contributed by atoms with E-state index in [4.69, 9.17) is 4.55 Å². The van der Waals surface area contributed by atoms with Gasteiger partial charge in [0.2, 0.25) is 0 Å². The summed E-state index contributed by atoms with van der Waals surface area (Å²) in [5.74, 6) is 1.42. The van der Waals surface area contributed by atoms with Crippen LogP contribution in [0.4, 0.5) is 0 Å². The van der Waals surface area contributed by atoms with Crippen LogP contribution in [0.25, 0.3) is 0 Å². The van der Waals surface area contributed by atoms with Crippen LogP contribution >= 0.6 is 0 Å². The molecule has 210 valence electrons. The third-order valence-corrected chi connectivity index (χ3v) is 11.9. The molecule has 0 heterocycles. The van der Waals surface area contributed by atoms with E-state index in [9.17, 15) is 28.8 Å². The highest BCUT2D eigenvalue weighted by Crippen LogP contribution is 2.68. The van der Waals surface area contributed by atoms with Crippen LogP contribution in [0.2, 0.25) is 0 Å². The maximum atomic E-state index is 11.7. The van der Waals surface area contributed by atoms with Crippen molar-refractivity contribution in [3.05, 3.63) is 0 Å². The summed E-state index contributed by atoms with van der Waals surface area (Å²) in [4.78, 5) is 0. The second-order valence-corrected chi connectivity index (χ2v) is 14.3. The summed E-state index contributed by atoms with van der Waals surface area (Å²) in [6.07, 6.45) is 7.30. The first-order chi connectivity index (χ1) is 16.8. The van der Waals surface area contributed by atoms with Gasteiger partial charge in [0.05, 0.1) is 24.9 Å². The molecule has 0 spiro atoms. The fourth-order valence-electron chi connectivity index (χ4n) is 9.47. The first-order valence-corrected chi connectivity index (χ1v) is 15.4. The van der Waals surface area contributed by atoms with Crippen molar-refractivity contribution in [1.82, 2.24) is 0 Å². The SMILES string of the molecule is CC(CCCC(CO)COS(=O)(=O)O)C1CCC2C3C(C[C@H](O)C12C)C1(C)CC[C@@H](O)CC1C[C@H]3O. The van der Waals surface area contributed by atoms with Crippen LogP contribution < -0.4 is 0 Å². The highest BCUT2D eigenvalue weighted by atomic mass is 32.3. The van der Waals surface area contributed by atoms with Crippen molar-refractivity contribution in [2.45, 2.75) is 103 Å². The Bertz CT molecular complexity index is 866. The van der Waals surface area contributed by atoms with E-state index in [1.54, 1.807) is 0 Å². The molecular formula is C27H48O8S. The Morgan fingerprint density at radius 3 is 2.39 bits per heavy atom. The van der Waals surface area contributed by atoms with Gasteiger partial charge in [0.25, 0.3) is 0 Å². The molecule has 9 unspecified atom stereocenters. The maximum absolute atomic E-state index is 11.7. The Morgan fingerprint density at radius 1 is 1.00 bits per heavy atom. The summed E-state index contributed by atoms with van der Waals surface area (Å²) >= 11 is 0. The second kappa shape index (κ2) is 10.7. The van der Waals surface area contributed by atoms with Crippen molar-refractivity contribution in [3.8, 4) is 0 Å². The standard InChI is InChI=1S/C27H48O8S/c1-16(5-4-6-17(14-28)15-35-36(32,33)34)20-7-8-21-25-22(13-24(31)27(20,21)3)26(2)10-9-19(29)11-18(26)12-23(25)30/h16-25,28-31H,4-15H2,1-3H3,(H,32,33,34)/t16?,17?,18?,19-,20?,21?,22?,23-,24+,25?,26?,27?/m1/s1. The zero-order valence-electron chi connectivity index (χ0n) is 22.1. The molecule has 0 amide bonds. The Kier molecular flexibility index (Phi) is 8.53. The average Bonchev–Trinajstić information content (AvgIpc) is 3.16. The molecule has 0 aromatic rings. The largest absolute Gasteiger partial charge is 0.397 e. The van der Waals surface area contributed by atoms with Crippen molar-refractivity contribution < 1.29 is 37.6 Å². The Labute approximate surface area is 216 Å². The predicted octanol–water partition coefficient (Wildman–Crippen LogP) is 3.18. The molecule has 5 N–H and O–H groups in total. The molecule has 9 heteroatoms. The van der Waals surface area contributed by atoms with Crippen LogP contribution in [-0.4, -0.2) is 64.9 Å². The first kappa shape index (κ1) is 28.7. The smallest absolute Gasteiger partial charge is 0.396 e. The van der Waals surface area contributed by atoms with Crippen LogP contribution in [0.5, 0.6) is 0 Å². The molecule has 4 aliphatic carbocycles. The van der Waals surface area contributed by atoms with Crippen LogP contribution in [-0.2, 0) is 14.6 Å². The quantitative estimate of drug-likeness (QED) is 0.285. The summed E-state index contributed by atoms with van der Waals surface area (Å²) in [6, 6.07) is 0. The Balaban J connectivity index is 1.42. The van der Waals surface area contributed by atoms with Gasteiger partial charge in [-0.3, -0.25) is 4.55 Å². The van der Waals surface area contributed by atoms with Gasteiger partial charge in [-0.25, -0.2) is 4.18 Å². The lowest BCUT2D eigenvalue weighted by atomic mass is 9.43. The number of rotatable bonds is 9. The second-order valence-electron chi connectivity index (χ2n) is 13.2. The van der Waals surface area contributed by atoms with Gasteiger partial charge in [-0.1, -0.05) is 33.6 Å². The Morgan fingerprint density at radius 2 is 1.72 bits per heavy atom. The summed E-state index contributed by atoms with van der Waals surface area (Å²) < 4.78 is 34.9. The number of aliphatic hydroxyl groups excluding tert-OH is 4. The van der Waals surface area contributed by atoms with Crippen molar-refractivity contribution in [1.29, 1.82) is 0 Å². The lowest BCUT2D eigenvalue weighted by molar-refractivity contribution is -0.207. The molecule has 4 fully saturated rings. The van der Waals surface area contributed by atoms with Gasteiger partial charge in [0, 0.05) is 12.5 Å². The normalized spacial score (nSPS) is 46.4. The van der Waals surface area contributed by atoms with E-state index in [-0.39, 0.29) is 59.9 Å². The summed E-state index contributed by atoms with van der Waals surface area (Å²) in [5.41, 5.74) is -0.179. The van der Waals surface area contributed by atoms with Gasteiger partial charge in [-0.05, 0) is 97.7 Å². The highest BCUT2D eigenvalue weighted by Gasteiger charge is 2.65. The molecule has 12 atom stereocenters. The molecule has 0 aromatic carbocycles. The van der Waals surface area contributed by atoms with E-state index in [1.165, 1.54) is 0 Å². The summed E-state index contributed by atoms with van der Waals surface area (Å²) in [5, 5.41) is 42.9. The lowest BCUT2D eigenvalue weighted by Gasteiger charge is -2.63. The van der Waals surface area contributed by atoms with Gasteiger partial charge < -0.3 is 20.4 Å². The van der Waals surface area contributed by atoms with Crippen LogP contribution in [0, 0.1) is 52.3 Å². The fourth-order valence-corrected chi connectivity index (χ4v) is 9.84. The van der Waals surface area contributed by atoms with Crippen molar-refractivity contribution in [2.24, 2.45) is 52.3 Å². The molecule has 0 aliphatic heterocycles. The lowest BCUT2D eigenvalue weighted by Crippen LogP contribution is -2.62. The number of fused-ring (bicyclic) bond motifs is 5. The van der Waals surface area contributed by atoms with E-state index in [0.29, 0.717) is 24.2 Å². The molecule has 0 radical (unpaired) electrons. The van der Waals surface area contributed by atoms with E-state index >= 15 is 0 Å². The third-order valence-electron chi connectivity index (χ3n) is 11.5. The maximum Gasteiger partial charge on any atom is 0.397 e. The van der Waals surface area contributed by atoms with Gasteiger partial charge in [-0.2, -0.15) is 8.42 Å². The molecule has 4 saturated carbocycles. The van der Waals surface area contributed by atoms with Gasteiger partial charge in [-0.15, -0.1) is 0 Å². The molecule has 4 aliphatic rings. The summed E-state index contributed by atoms with van der Waals surface area (Å²) in [7, 11) is -4.51. The third kappa shape index (κ3) is 5.27. The number of hydrogen-bond donors (Lipinski definition) is 5. The minimum atomic E-state index is -4.51. The van der Waals surface area contributed by atoms with Crippen LogP contribution in [0.1, 0.15) is 85.0 Å². The molecule has 8 nitrogen and oxygen atoms in total. The van der Waals surface area contributed by atoms with Gasteiger partial charge in [0.15, 0.2) is 0 Å². The molecule has 36 heavy (non-hydrogen) atoms. The molecule has 4 rings (SSSR count). The van der Waals surface area contributed by atoms with Gasteiger partial charge >= 0.3 is 10.4 Å². The van der Waals surface area contributed by atoms with Crippen LogP contribution in [0.3, 0.4) is 0 Å². The van der Waals surface area contributed by atoms with E-state index in [0.717, 1.165) is 57.8 Å². The van der Waals surface area contributed by atoms with E-state index in [2.05, 4.69) is 25.0 Å². The molecule has 0 saturated heterocycles. The van der Waals surface area contributed by atoms with Gasteiger partial charge in [0.1, 0.15) is 0 Å². The van der Waals surface area contributed by atoms with Crippen LogP contribution in [0.15, 0.2) is 0 Å². The average molecular weight is 533 g/mol. The first-order valence-electron chi connectivity index (χ1n) is 14.1. The summed E-state index contributed by atoms with van der Waals surface area (Å²) in [6.45, 7) is 6.39.